The average molecular weight is 915 g/mol. The van der Waals surface area contributed by atoms with Crippen LogP contribution in [0.5, 0.6) is 0 Å². The van der Waals surface area contributed by atoms with E-state index in [2.05, 4.69) is 150 Å². The Bertz CT molecular complexity index is 1180. The van der Waals surface area contributed by atoms with E-state index in [0.29, 0.717) is 12.5 Å². The molecule has 3 aromatic carbocycles. The molecule has 0 aliphatic rings. The monoisotopic (exact) mass is 915 g/mol. The number of aliphatic hydroxyl groups is 1. The quantitative estimate of drug-likeness (QED) is 0.0257. The van der Waals surface area contributed by atoms with E-state index in [1.165, 1.54) is 228 Å². The van der Waals surface area contributed by atoms with Gasteiger partial charge in [-0.3, -0.25) is 0 Å². The molecule has 0 amide bonds. The topological polar surface area (TPSA) is 32.6 Å². The summed E-state index contributed by atoms with van der Waals surface area (Å²) in [6.45, 7) is 12.0. The second-order valence-electron chi connectivity index (χ2n) is 18.4. The number of hydrogen-bond donors (Lipinski definition) is 2. The van der Waals surface area contributed by atoms with Gasteiger partial charge in [0.2, 0.25) is 0 Å². The molecule has 0 fully saturated rings. The molecule has 0 saturated carbocycles. The average Bonchev–Trinajstić information content (AvgIpc) is 3.33. The van der Waals surface area contributed by atoms with E-state index in [0.717, 1.165) is 5.92 Å². The van der Waals surface area contributed by atoms with E-state index in [-0.39, 0.29) is 0 Å². The molecule has 0 saturated heterocycles. The summed E-state index contributed by atoms with van der Waals surface area (Å²) in [6.07, 6.45) is 46.6. The number of hydrogen-bond acceptors (Lipinski definition) is 3. The first-order valence-electron chi connectivity index (χ1n) is 27.2. The molecule has 3 aromatic rings. The normalized spacial score (nSPS) is 11.7. The maximum absolute atomic E-state index is 9.47. The van der Waals surface area contributed by atoms with Crippen molar-refractivity contribution in [2.45, 2.75) is 247 Å². The van der Waals surface area contributed by atoms with Crippen molar-refractivity contribution in [2.24, 2.45) is 16.1 Å². The summed E-state index contributed by atoms with van der Waals surface area (Å²) in [5, 5.41) is 13.7. The minimum absolute atomic E-state index is 0.408. The fraction of sp³-hybridized carbons (Fsp3) is 0.695. The van der Waals surface area contributed by atoms with Crippen LogP contribution in [0, 0.1) is 11.8 Å². The van der Waals surface area contributed by atoms with E-state index >= 15 is 0 Å². The van der Waals surface area contributed by atoms with Gasteiger partial charge < -0.3 is 5.11 Å². The third-order valence-electron chi connectivity index (χ3n) is 12.7. The Labute approximate surface area is 407 Å². The molecule has 0 aliphatic carbocycles. The predicted octanol–water partition coefficient (Wildman–Crippen LogP) is 18.8. The van der Waals surface area contributed by atoms with Crippen LogP contribution >= 0.6 is 20.7 Å². The zero-order chi connectivity index (χ0) is 46.8. The Morgan fingerprint density at radius 2 is 0.609 bits per heavy atom. The Kier molecular flexibility index (Phi) is 49.3. The van der Waals surface area contributed by atoms with Crippen molar-refractivity contribution in [3.05, 3.63) is 91.0 Å². The van der Waals surface area contributed by atoms with Crippen molar-refractivity contribution in [2.75, 3.05) is 6.61 Å². The van der Waals surface area contributed by atoms with Crippen LogP contribution in [0.4, 0.5) is 0 Å². The molecule has 64 heavy (non-hydrogen) atoms. The van der Waals surface area contributed by atoms with E-state index in [9.17, 15) is 5.11 Å². The summed E-state index contributed by atoms with van der Waals surface area (Å²) in [7, 11) is 3.89. The Morgan fingerprint density at radius 1 is 0.391 bits per heavy atom. The van der Waals surface area contributed by atoms with E-state index < -0.39 is 7.92 Å². The van der Waals surface area contributed by atoms with Crippen molar-refractivity contribution in [3.8, 4) is 0 Å². The van der Waals surface area contributed by atoms with Crippen LogP contribution in [0.3, 0.4) is 0 Å². The third kappa shape index (κ3) is 38.4. The summed E-state index contributed by atoms with van der Waals surface area (Å²) >= 11 is 3.19. The molecule has 2 unspecified atom stereocenters. The number of benzene rings is 3. The fourth-order valence-corrected chi connectivity index (χ4v) is 10.9. The summed E-state index contributed by atoms with van der Waals surface area (Å²) in [6, 6.07) is 32.3. The van der Waals surface area contributed by atoms with Crippen LogP contribution in [0.2, 0.25) is 0 Å². The van der Waals surface area contributed by atoms with Crippen molar-refractivity contribution >= 4 is 44.3 Å². The number of aliphatic hydroxyl groups excluding tert-OH is 1. The molecule has 0 aliphatic heterocycles. The minimum atomic E-state index is -0.446. The van der Waals surface area contributed by atoms with Gasteiger partial charge >= 0.3 is 24.8 Å². The van der Waals surface area contributed by atoms with Crippen molar-refractivity contribution in [1.82, 2.24) is 0 Å². The molecule has 2 atom stereocenters. The van der Waals surface area contributed by atoms with Gasteiger partial charge in [0, 0.05) is 6.61 Å². The fourth-order valence-electron chi connectivity index (χ4n) is 8.62. The van der Waals surface area contributed by atoms with Crippen LogP contribution in [0.1, 0.15) is 247 Å². The number of thiol groups is 1. The molecule has 1 radical (unpaired) electrons. The van der Waals surface area contributed by atoms with Gasteiger partial charge in [0.1, 0.15) is 0 Å². The largest absolute Gasteiger partial charge is 0.0622 e. The molecule has 3 rings (SSSR count). The Balaban J connectivity index is 0.000000901. The van der Waals surface area contributed by atoms with Crippen molar-refractivity contribution in [1.29, 1.82) is 0 Å². The van der Waals surface area contributed by atoms with E-state index in [1.807, 2.05) is 0 Å². The van der Waals surface area contributed by atoms with Crippen LogP contribution in [-0.2, 0) is 0 Å². The molecular formula is C59H102BNOPS. The van der Waals surface area contributed by atoms with Gasteiger partial charge in [-0.15, -0.1) is 0 Å². The number of rotatable bonds is 37. The molecular weight excluding hydrogens is 813 g/mol. The maximum atomic E-state index is 9.47. The van der Waals surface area contributed by atoms with Crippen LogP contribution < -0.4 is 15.9 Å². The van der Waals surface area contributed by atoms with Gasteiger partial charge in [-0.25, -0.2) is 0 Å². The van der Waals surface area contributed by atoms with Gasteiger partial charge in [-0.1, -0.05) is 325 Å². The van der Waals surface area contributed by atoms with Gasteiger partial charge in [0.15, 0.2) is 0 Å². The van der Waals surface area contributed by atoms with Crippen molar-refractivity contribution in [3.63, 3.8) is 0 Å². The van der Waals surface area contributed by atoms with Gasteiger partial charge in [-0.2, -0.15) is 0 Å². The molecule has 0 aromatic heterocycles. The second-order valence-corrected chi connectivity index (χ2v) is 20.9. The zero-order valence-corrected chi connectivity index (χ0v) is 44.5. The molecule has 0 bridgehead atoms. The zero-order valence-electron chi connectivity index (χ0n) is 42.7. The summed E-state index contributed by atoms with van der Waals surface area (Å²) in [5.41, 5.74) is 0. The first kappa shape index (κ1) is 62.3. The summed E-state index contributed by atoms with van der Waals surface area (Å²) in [4.78, 5) is 0. The first-order chi connectivity index (χ1) is 31.6. The predicted molar refractivity (Wildman–Crippen MR) is 297 cm³/mol. The smallest absolute Gasteiger partial charge is 0.0134 e. The molecule has 0 spiro atoms. The van der Waals surface area contributed by atoms with E-state index in [1.54, 1.807) is 0 Å². The summed E-state index contributed by atoms with van der Waals surface area (Å²) < 4.78 is 2.69. The van der Waals surface area contributed by atoms with Gasteiger partial charge in [-0.05, 0) is 48.5 Å². The minimum Gasteiger partial charge on any atom is -0.0622 e. The number of nitrogens with zero attached hydrogens (tertiary/aromatic N) is 1. The Morgan fingerprint density at radius 3 is 0.828 bits per heavy atom. The SMILES string of the molecule is CCCCCCCCCCC(CC)CCCCCCCC.CCCCCCCCCCC(CO)CCCCCCCC.[B]=NS.c1ccc(P(c2ccccc2)c2ccccc2)cc1. The van der Waals surface area contributed by atoms with Gasteiger partial charge in [0.25, 0.3) is 0 Å². The van der Waals surface area contributed by atoms with Crippen LogP contribution in [-0.4, -0.2) is 19.4 Å². The Hall–Kier alpha value is -1.74. The van der Waals surface area contributed by atoms with Crippen LogP contribution in [0.25, 0.3) is 0 Å². The molecule has 1 N–H and O–H groups in total. The maximum Gasteiger partial charge on any atom is -0.0134 e. The third-order valence-corrected chi connectivity index (χ3v) is 15.2. The second kappa shape index (κ2) is 50.7. The molecule has 5 heteroatoms. The van der Waals surface area contributed by atoms with Gasteiger partial charge in [0.05, 0.1) is 0 Å². The van der Waals surface area contributed by atoms with E-state index in [4.69, 9.17) is 0 Å². The summed E-state index contributed by atoms with van der Waals surface area (Å²) in [5.74, 6) is 1.60. The molecule has 363 valence electrons. The number of unbranched alkanes of at least 4 members (excludes halogenated alkanes) is 24. The molecule has 0 heterocycles. The van der Waals surface area contributed by atoms with Crippen LogP contribution in [0.15, 0.2) is 95.3 Å². The van der Waals surface area contributed by atoms with Crippen molar-refractivity contribution < 1.29 is 5.11 Å². The first-order valence-corrected chi connectivity index (χ1v) is 28.9. The standard InChI is InChI=1S/C21H44.C20H42O.C18H15P.BHNS/c1-4-7-9-11-13-14-16-18-20-21(6-3)19-17-15-12-10-8-5-2;1-3-5-7-9-11-12-14-16-18-20(19-21)17-15-13-10-8-6-4-2;1-4-10-16(11-5-1)19(17-12-6-2-7-13-17)18-14-8-3-9-15-18;1-2-3/h21H,4-20H2,1-3H3;20-21H,3-19H2,1-2H3;1-15H;3H. The molecule has 2 nitrogen and oxygen atoms in total.